The maximum absolute atomic E-state index is 11.6. The van der Waals surface area contributed by atoms with Crippen LogP contribution in [0.2, 0.25) is 0 Å². The molecule has 0 aliphatic heterocycles. The van der Waals surface area contributed by atoms with Gasteiger partial charge < -0.3 is 9.47 Å². The van der Waals surface area contributed by atoms with Crippen LogP contribution in [-0.4, -0.2) is 25.6 Å². The largest absolute Gasteiger partial charge is 0.497 e. The number of amides is 1. The zero-order valence-corrected chi connectivity index (χ0v) is 10.6. The number of nitrogens with one attached hydrogen (secondary N) is 1. The molecule has 6 nitrogen and oxygen atoms in total. The Kier molecular flexibility index (Phi) is 5.38. The number of carbonyl (C=O) groups excluding carboxylic acids is 2. The van der Waals surface area contributed by atoms with Crippen molar-refractivity contribution in [3.05, 3.63) is 29.3 Å². The number of hydrogen-bond acceptors (Lipinski definition) is 5. The van der Waals surface area contributed by atoms with Gasteiger partial charge in [-0.1, -0.05) is 5.92 Å². The van der Waals surface area contributed by atoms with Crippen molar-refractivity contribution in [3.63, 3.8) is 0 Å². The lowest BCUT2D eigenvalue weighted by Gasteiger charge is -2.05. The molecule has 0 spiro atoms. The third kappa shape index (κ3) is 4.01. The second kappa shape index (κ2) is 7.03. The molecule has 0 aliphatic carbocycles. The smallest absolute Gasteiger partial charge is 0.384 e. The number of nitrogen functional groups attached to an aromatic ring is 1. The number of ether oxygens (including phenoxy) is 2. The normalized spacial score (nSPS) is 9.00. The Hall–Kier alpha value is -2.52. The molecule has 19 heavy (non-hydrogen) atoms. The van der Waals surface area contributed by atoms with E-state index in [2.05, 4.69) is 16.6 Å². The topological polar surface area (TPSA) is 90.6 Å². The predicted octanol–water partition coefficient (Wildman–Crippen LogP) is 0.213. The summed E-state index contributed by atoms with van der Waals surface area (Å²) in [4.78, 5) is 22.7. The summed E-state index contributed by atoms with van der Waals surface area (Å²) in [7, 11) is 1.48. The molecule has 0 saturated heterocycles. The molecule has 0 fully saturated rings. The number of benzene rings is 1. The maximum Gasteiger partial charge on any atom is 0.384 e. The van der Waals surface area contributed by atoms with E-state index in [0.717, 1.165) is 0 Å². The summed E-state index contributed by atoms with van der Waals surface area (Å²) in [5.74, 6) is 9.25. The summed E-state index contributed by atoms with van der Waals surface area (Å²) >= 11 is 0. The molecular formula is C13H14N2O4. The first-order valence-electron chi connectivity index (χ1n) is 5.50. The molecule has 0 saturated carbocycles. The minimum absolute atomic E-state index is 0.221. The van der Waals surface area contributed by atoms with Gasteiger partial charge >= 0.3 is 5.97 Å². The third-order valence-corrected chi connectivity index (χ3v) is 2.18. The number of carbonyl (C=O) groups is 2. The van der Waals surface area contributed by atoms with E-state index in [-0.39, 0.29) is 12.2 Å². The van der Waals surface area contributed by atoms with E-state index >= 15 is 0 Å². The molecule has 0 unspecified atom stereocenters. The highest BCUT2D eigenvalue weighted by molar-refractivity contribution is 5.97. The zero-order valence-electron chi connectivity index (χ0n) is 10.6. The van der Waals surface area contributed by atoms with Crippen LogP contribution in [0.25, 0.3) is 0 Å². The van der Waals surface area contributed by atoms with Gasteiger partial charge in [-0.05, 0) is 25.1 Å². The average Bonchev–Trinajstić information content (AvgIpc) is 2.44. The Bertz CT molecular complexity index is 543. The van der Waals surface area contributed by atoms with Gasteiger partial charge in [0.15, 0.2) is 0 Å². The van der Waals surface area contributed by atoms with Crippen LogP contribution < -0.4 is 16.0 Å². The van der Waals surface area contributed by atoms with Crippen LogP contribution in [0.4, 0.5) is 0 Å². The predicted molar refractivity (Wildman–Crippen MR) is 68.2 cm³/mol. The fourth-order valence-electron chi connectivity index (χ4n) is 1.31. The van der Waals surface area contributed by atoms with Crippen molar-refractivity contribution in [1.29, 1.82) is 0 Å². The van der Waals surface area contributed by atoms with Gasteiger partial charge in [0.2, 0.25) is 0 Å². The monoisotopic (exact) mass is 262 g/mol. The minimum atomic E-state index is -0.655. The fourth-order valence-corrected chi connectivity index (χ4v) is 1.31. The molecule has 0 radical (unpaired) electrons. The van der Waals surface area contributed by atoms with Crippen molar-refractivity contribution in [2.45, 2.75) is 6.92 Å². The van der Waals surface area contributed by atoms with Gasteiger partial charge in [-0.2, -0.15) is 0 Å². The average molecular weight is 262 g/mol. The van der Waals surface area contributed by atoms with Gasteiger partial charge in [0.25, 0.3) is 5.91 Å². The van der Waals surface area contributed by atoms with E-state index in [1.807, 2.05) is 5.43 Å². The lowest BCUT2D eigenvalue weighted by Crippen LogP contribution is -2.30. The first-order chi connectivity index (χ1) is 9.12. The molecule has 0 aromatic heterocycles. The van der Waals surface area contributed by atoms with Gasteiger partial charge in [0.05, 0.1) is 19.3 Å². The van der Waals surface area contributed by atoms with Crippen LogP contribution in [0, 0.1) is 11.8 Å². The molecule has 100 valence electrons. The molecule has 3 N–H and O–H groups in total. The highest BCUT2D eigenvalue weighted by atomic mass is 16.5. The van der Waals surface area contributed by atoms with Gasteiger partial charge in [-0.3, -0.25) is 10.2 Å². The highest BCUT2D eigenvalue weighted by Crippen LogP contribution is 2.16. The lowest BCUT2D eigenvalue weighted by atomic mass is 10.1. The number of nitrogens with two attached hydrogens (primary N) is 1. The van der Waals surface area contributed by atoms with Crippen molar-refractivity contribution in [2.75, 3.05) is 13.7 Å². The van der Waals surface area contributed by atoms with E-state index in [9.17, 15) is 9.59 Å². The molecule has 0 atom stereocenters. The molecule has 1 aromatic rings. The second-order valence-electron chi connectivity index (χ2n) is 3.36. The number of rotatable bonds is 3. The molecule has 0 aliphatic rings. The lowest BCUT2D eigenvalue weighted by molar-refractivity contribution is -0.136. The van der Waals surface area contributed by atoms with Crippen LogP contribution in [0.5, 0.6) is 5.75 Å². The van der Waals surface area contributed by atoms with E-state index in [1.54, 1.807) is 19.1 Å². The summed E-state index contributed by atoms with van der Waals surface area (Å²) in [6.45, 7) is 1.92. The summed E-state index contributed by atoms with van der Waals surface area (Å²) in [5.41, 5.74) is 2.59. The summed E-state index contributed by atoms with van der Waals surface area (Å²) in [6.07, 6.45) is 0. The number of hydrazine groups is 1. The Labute approximate surface area is 110 Å². The van der Waals surface area contributed by atoms with Crippen molar-refractivity contribution in [3.8, 4) is 17.6 Å². The fraction of sp³-hybridized carbons (Fsp3) is 0.231. The maximum atomic E-state index is 11.6. The van der Waals surface area contributed by atoms with E-state index < -0.39 is 11.9 Å². The quantitative estimate of drug-likeness (QED) is 0.267. The Morgan fingerprint density at radius 2 is 2.16 bits per heavy atom. The SMILES string of the molecule is CCOC(=O)C#Cc1ccc(OC)cc1C(=O)NN. The van der Waals surface area contributed by atoms with Gasteiger partial charge in [0, 0.05) is 11.5 Å². The van der Waals surface area contributed by atoms with Gasteiger partial charge in [-0.15, -0.1) is 0 Å². The highest BCUT2D eigenvalue weighted by Gasteiger charge is 2.10. The summed E-state index contributed by atoms with van der Waals surface area (Å²) in [5, 5.41) is 0. The molecule has 0 heterocycles. The molecular weight excluding hydrogens is 248 g/mol. The van der Waals surface area contributed by atoms with Gasteiger partial charge in [-0.25, -0.2) is 10.6 Å². The van der Waals surface area contributed by atoms with Crippen molar-refractivity contribution < 1.29 is 19.1 Å². The molecule has 6 heteroatoms. The first-order valence-corrected chi connectivity index (χ1v) is 5.50. The number of hydrogen-bond donors (Lipinski definition) is 2. The van der Waals surface area contributed by atoms with Crippen LogP contribution in [0.3, 0.4) is 0 Å². The Morgan fingerprint density at radius 3 is 2.74 bits per heavy atom. The van der Waals surface area contributed by atoms with Gasteiger partial charge in [0.1, 0.15) is 5.75 Å². The third-order valence-electron chi connectivity index (χ3n) is 2.18. The molecule has 0 bridgehead atoms. The molecule has 1 amide bonds. The second-order valence-corrected chi connectivity index (χ2v) is 3.36. The summed E-state index contributed by atoms with van der Waals surface area (Å²) in [6, 6.07) is 4.68. The first kappa shape index (κ1) is 14.5. The Balaban J connectivity index is 3.12. The minimum Gasteiger partial charge on any atom is -0.497 e. The standard InChI is InChI=1S/C13H14N2O4/c1-3-19-12(16)7-5-9-4-6-10(18-2)8-11(9)13(17)15-14/h4,6,8H,3,14H2,1-2H3,(H,15,17). The Morgan fingerprint density at radius 1 is 1.42 bits per heavy atom. The zero-order chi connectivity index (χ0) is 14.3. The van der Waals surface area contributed by atoms with Crippen LogP contribution in [0.1, 0.15) is 22.8 Å². The van der Waals surface area contributed by atoms with Crippen molar-refractivity contribution in [1.82, 2.24) is 5.43 Å². The van der Waals surface area contributed by atoms with E-state index in [1.165, 1.54) is 13.2 Å². The number of esters is 1. The van der Waals surface area contributed by atoms with Crippen molar-refractivity contribution in [2.24, 2.45) is 5.84 Å². The van der Waals surface area contributed by atoms with E-state index in [0.29, 0.717) is 11.3 Å². The van der Waals surface area contributed by atoms with E-state index in [4.69, 9.17) is 10.6 Å². The summed E-state index contributed by atoms with van der Waals surface area (Å²) < 4.78 is 9.68. The molecule has 1 rings (SSSR count). The van der Waals surface area contributed by atoms with Crippen molar-refractivity contribution >= 4 is 11.9 Å². The molecule has 1 aromatic carbocycles. The number of methoxy groups -OCH3 is 1. The van der Waals surface area contributed by atoms with Crippen LogP contribution >= 0.6 is 0 Å². The van der Waals surface area contributed by atoms with Crippen LogP contribution in [-0.2, 0) is 9.53 Å². The van der Waals surface area contributed by atoms with Crippen LogP contribution in [0.15, 0.2) is 18.2 Å².